The Morgan fingerprint density at radius 3 is 2.48 bits per heavy atom. The van der Waals surface area contributed by atoms with E-state index in [1.54, 1.807) is 13.2 Å². The smallest absolute Gasteiger partial charge is 0.256 e. The summed E-state index contributed by atoms with van der Waals surface area (Å²) in [5.41, 5.74) is 4.38. The van der Waals surface area contributed by atoms with Gasteiger partial charge in [-0.05, 0) is 60.0 Å². The first-order valence-corrected chi connectivity index (χ1v) is 7.45. The molecule has 0 unspecified atom stereocenters. The van der Waals surface area contributed by atoms with Gasteiger partial charge in [-0.3, -0.25) is 4.79 Å². The van der Waals surface area contributed by atoms with Crippen molar-refractivity contribution >= 4 is 27.5 Å². The van der Waals surface area contributed by atoms with Crippen molar-refractivity contribution in [1.29, 1.82) is 0 Å². The van der Waals surface area contributed by atoms with Crippen molar-refractivity contribution in [2.45, 2.75) is 20.8 Å². The molecule has 0 heterocycles. The van der Waals surface area contributed by atoms with Crippen LogP contribution < -0.4 is 10.1 Å². The molecule has 0 atom stereocenters. The number of benzene rings is 2. The third-order valence-corrected chi connectivity index (χ3v) is 4.54. The van der Waals surface area contributed by atoms with Crippen molar-refractivity contribution in [3.63, 3.8) is 0 Å². The van der Waals surface area contributed by atoms with Crippen LogP contribution in [0.2, 0.25) is 0 Å². The van der Waals surface area contributed by atoms with E-state index < -0.39 is 0 Å². The van der Waals surface area contributed by atoms with Crippen LogP contribution in [-0.2, 0) is 0 Å². The minimum Gasteiger partial charge on any atom is -0.496 e. The third kappa shape index (κ3) is 3.10. The fourth-order valence-electron chi connectivity index (χ4n) is 2.29. The molecule has 0 aliphatic carbocycles. The van der Waals surface area contributed by atoms with Crippen LogP contribution in [0.15, 0.2) is 34.8 Å². The molecule has 21 heavy (non-hydrogen) atoms. The molecule has 0 aromatic heterocycles. The van der Waals surface area contributed by atoms with Crippen molar-refractivity contribution < 1.29 is 9.53 Å². The van der Waals surface area contributed by atoms with Gasteiger partial charge >= 0.3 is 0 Å². The molecule has 0 bridgehead atoms. The summed E-state index contributed by atoms with van der Waals surface area (Å²) in [5.74, 6) is 0.663. The summed E-state index contributed by atoms with van der Waals surface area (Å²) in [6, 6.07) is 9.47. The highest BCUT2D eigenvalue weighted by Gasteiger charge is 2.14. The number of halogens is 1. The second-order valence-electron chi connectivity index (χ2n) is 4.98. The average Bonchev–Trinajstić information content (AvgIpc) is 2.45. The Balaban J connectivity index is 2.34. The van der Waals surface area contributed by atoms with Crippen molar-refractivity contribution in [3.8, 4) is 5.75 Å². The molecule has 1 N–H and O–H groups in total. The monoisotopic (exact) mass is 347 g/mol. The number of hydrogen-bond acceptors (Lipinski definition) is 2. The first-order chi connectivity index (χ1) is 9.95. The second kappa shape index (κ2) is 6.31. The quantitative estimate of drug-likeness (QED) is 0.878. The Labute approximate surface area is 133 Å². The molecule has 0 spiro atoms. The zero-order chi connectivity index (χ0) is 15.6. The standard InChI is InChI=1S/C17H18BrNO2/c1-10-6-5-7-13(15(10)18)17(20)19-14-9-8-11(2)16(21-4)12(14)3/h5-9H,1-4H3,(H,19,20). The van der Waals surface area contributed by atoms with Gasteiger partial charge in [-0.2, -0.15) is 0 Å². The molecule has 3 nitrogen and oxygen atoms in total. The molecule has 110 valence electrons. The Hall–Kier alpha value is -1.81. The first kappa shape index (κ1) is 15.6. The average molecular weight is 348 g/mol. The minimum absolute atomic E-state index is 0.139. The number of carbonyl (C=O) groups is 1. The fourth-order valence-corrected chi connectivity index (χ4v) is 2.73. The van der Waals surface area contributed by atoms with Crippen LogP contribution in [0.5, 0.6) is 5.75 Å². The van der Waals surface area contributed by atoms with Gasteiger partial charge in [-0.15, -0.1) is 0 Å². The first-order valence-electron chi connectivity index (χ1n) is 6.66. The number of ether oxygens (including phenoxy) is 1. The molecular formula is C17H18BrNO2. The topological polar surface area (TPSA) is 38.3 Å². The molecule has 0 fully saturated rings. The lowest BCUT2D eigenvalue weighted by Gasteiger charge is -2.14. The predicted octanol–water partition coefficient (Wildman–Crippen LogP) is 4.64. The Kier molecular flexibility index (Phi) is 4.68. The summed E-state index contributed by atoms with van der Waals surface area (Å²) in [4.78, 5) is 12.4. The van der Waals surface area contributed by atoms with E-state index in [0.717, 1.165) is 32.6 Å². The zero-order valence-corrected chi connectivity index (χ0v) is 14.2. The molecule has 4 heteroatoms. The number of aryl methyl sites for hydroxylation is 2. The maximum absolute atomic E-state index is 12.4. The van der Waals surface area contributed by atoms with Crippen molar-refractivity contribution in [2.24, 2.45) is 0 Å². The van der Waals surface area contributed by atoms with Gasteiger partial charge in [0.25, 0.3) is 5.91 Å². The van der Waals surface area contributed by atoms with Crippen LogP contribution in [-0.4, -0.2) is 13.0 Å². The third-order valence-electron chi connectivity index (χ3n) is 3.49. The molecule has 2 aromatic carbocycles. The highest BCUT2D eigenvalue weighted by atomic mass is 79.9. The van der Waals surface area contributed by atoms with E-state index in [1.807, 2.05) is 45.0 Å². The van der Waals surface area contributed by atoms with Crippen LogP contribution in [0.25, 0.3) is 0 Å². The molecule has 0 aliphatic heterocycles. The molecule has 0 radical (unpaired) electrons. The van der Waals surface area contributed by atoms with Crippen molar-refractivity contribution in [3.05, 3.63) is 57.1 Å². The molecule has 0 aliphatic rings. The minimum atomic E-state index is -0.139. The Bertz CT molecular complexity index is 695. The molecule has 2 rings (SSSR count). The van der Waals surface area contributed by atoms with Gasteiger partial charge in [0.15, 0.2) is 0 Å². The molecule has 2 aromatic rings. The summed E-state index contributed by atoms with van der Waals surface area (Å²) < 4.78 is 6.20. The predicted molar refractivity (Wildman–Crippen MR) is 89.3 cm³/mol. The number of anilines is 1. The van der Waals surface area contributed by atoms with Gasteiger partial charge in [0, 0.05) is 15.7 Å². The van der Waals surface area contributed by atoms with Crippen LogP contribution in [0.1, 0.15) is 27.0 Å². The van der Waals surface area contributed by atoms with E-state index >= 15 is 0 Å². The SMILES string of the molecule is COc1c(C)ccc(NC(=O)c2cccc(C)c2Br)c1C. The van der Waals surface area contributed by atoms with E-state index in [9.17, 15) is 4.79 Å². The highest BCUT2D eigenvalue weighted by molar-refractivity contribution is 9.10. The van der Waals surface area contributed by atoms with Gasteiger partial charge in [0.05, 0.1) is 12.7 Å². The molecule has 0 saturated carbocycles. The van der Waals surface area contributed by atoms with Crippen molar-refractivity contribution in [2.75, 3.05) is 12.4 Å². The number of nitrogens with one attached hydrogen (secondary N) is 1. The zero-order valence-electron chi connectivity index (χ0n) is 12.6. The lowest BCUT2D eigenvalue weighted by Crippen LogP contribution is -2.14. The van der Waals surface area contributed by atoms with Gasteiger partial charge in [0.1, 0.15) is 5.75 Å². The Morgan fingerprint density at radius 2 is 1.81 bits per heavy atom. The van der Waals surface area contributed by atoms with E-state index in [4.69, 9.17) is 4.74 Å². The number of amides is 1. The van der Waals surface area contributed by atoms with Crippen LogP contribution >= 0.6 is 15.9 Å². The summed E-state index contributed by atoms with van der Waals surface area (Å²) in [6.07, 6.45) is 0. The molecular weight excluding hydrogens is 330 g/mol. The molecule has 0 saturated heterocycles. The normalized spacial score (nSPS) is 10.3. The lowest BCUT2D eigenvalue weighted by molar-refractivity contribution is 0.102. The summed E-state index contributed by atoms with van der Waals surface area (Å²) in [6.45, 7) is 5.88. The van der Waals surface area contributed by atoms with Crippen LogP contribution in [0.3, 0.4) is 0 Å². The van der Waals surface area contributed by atoms with E-state index in [0.29, 0.717) is 5.56 Å². The maximum Gasteiger partial charge on any atom is 0.256 e. The number of carbonyl (C=O) groups excluding carboxylic acids is 1. The van der Waals surface area contributed by atoms with Crippen LogP contribution in [0.4, 0.5) is 5.69 Å². The second-order valence-corrected chi connectivity index (χ2v) is 5.77. The fraction of sp³-hybridized carbons (Fsp3) is 0.235. The van der Waals surface area contributed by atoms with Gasteiger partial charge in [-0.25, -0.2) is 0 Å². The summed E-state index contributed by atoms with van der Waals surface area (Å²) in [7, 11) is 1.64. The highest BCUT2D eigenvalue weighted by Crippen LogP contribution is 2.30. The summed E-state index contributed by atoms with van der Waals surface area (Å²) >= 11 is 3.47. The molecule has 1 amide bonds. The largest absolute Gasteiger partial charge is 0.496 e. The maximum atomic E-state index is 12.4. The van der Waals surface area contributed by atoms with Gasteiger partial charge in [-0.1, -0.05) is 18.2 Å². The Morgan fingerprint density at radius 1 is 1.10 bits per heavy atom. The van der Waals surface area contributed by atoms with Gasteiger partial charge in [0.2, 0.25) is 0 Å². The van der Waals surface area contributed by atoms with Gasteiger partial charge < -0.3 is 10.1 Å². The number of hydrogen-bond donors (Lipinski definition) is 1. The van der Waals surface area contributed by atoms with Crippen LogP contribution in [0, 0.1) is 20.8 Å². The lowest BCUT2D eigenvalue weighted by atomic mass is 10.1. The van der Waals surface area contributed by atoms with E-state index in [-0.39, 0.29) is 5.91 Å². The number of methoxy groups -OCH3 is 1. The van der Waals surface area contributed by atoms with Crippen molar-refractivity contribution in [1.82, 2.24) is 0 Å². The van der Waals surface area contributed by atoms with E-state index in [2.05, 4.69) is 21.2 Å². The van der Waals surface area contributed by atoms with E-state index in [1.165, 1.54) is 0 Å². The summed E-state index contributed by atoms with van der Waals surface area (Å²) in [5, 5.41) is 2.95. The number of rotatable bonds is 3.